The smallest absolute Gasteiger partial charge is 0.350 e. The molecule has 1 aromatic rings. The molecule has 0 unspecified atom stereocenters. The number of hydrogen-bond acceptors (Lipinski definition) is 5. The summed E-state index contributed by atoms with van der Waals surface area (Å²) in [5.41, 5.74) is 0.263. The standard InChI is InChI=1S/C12H20N2O4S2/c1-4-7-14(8-5-2)20(16,17)13-10-6-9-19-11(10)12(15)18-3/h6,9,13H,4-5,7-8H2,1-3H3. The number of ether oxygens (including phenoxy) is 1. The Labute approximate surface area is 123 Å². The number of methoxy groups -OCH3 is 1. The molecule has 6 nitrogen and oxygen atoms in total. The molecule has 0 spiro atoms. The lowest BCUT2D eigenvalue weighted by atomic mass is 10.4. The Bertz CT molecular complexity index is 533. The van der Waals surface area contributed by atoms with Crippen LogP contribution in [-0.2, 0) is 14.9 Å². The van der Waals surface area contributed by atoms with E-state index in [4.69, 9.17) is 0 Å². The van der Waals surface area contributed by atoms with Gasteiger partial charge in [-0.25, -0.2) is 4.79 Å². The molecule has 1 aromatic heterocycles. The van der Waals surface area contributed by atoms with E-state index in [1.54, 1.807) is 11.4 Å². The van der Waals surface area contributed by atoms with Crippen molar-refractivity contribution in [2.75, 3.05) is 24.9 Å². The Hall–Kier alpha value is -1.12. The SMILES string of the molecule is CCCN(CCC)S(=O)(=O)Nc1ccsc1C(=O)OC. The first-order valence-corrected chi connectivity index (χ1v) is 8.71. The summed E-state index contributed by atoms with van der Waals surface area (Å²) in [4.78, 5) is 11.8. The molecule has 0 aliphatic rings. The lowest BCUT2D eigenvalue weighted by Gasteiger charge is -2.21. The molecule has 1 rings (SSSR count). The molecule has 0 saturated carbocycles. The van der Waals surface area contributed by atoms with Crippen LogP contribution < -0.4 is 4.72 Å². The zero-order valence-corrected chi connectivity index (χ0v) is 13.5. The fourth-order valence-corrected chi connectivity index (χ4v) is 3.95. The van der Waals surface area contributed by atoms with Crippen molar-refractivity contribution in [3.63, 3.8) is 0 Å². The Balaban J connectivity index is 2.95. The molecular weight excluding hydrogens is 300 g/mol. The quantitative estimate of drug-likeness (QED) is 0.746. The molecule has 1 N–H and O–H groups in total. The van der Waals surface area contributed by atoms with Crippen LogP contribution in [0.15, 0.2) is 11.4 Å². The topological polar surface area (TPSA) is 75.7 Å². The lowest BCUT2D eigenvalue weighted by Crippen LogP contribution is -2.37. The molecule has 0 saturated heterocycles. The van der Waals surface area contributed by atoms with Gasteiger partial charge in [0.2, 0.25) is 0 Å². The largest absolute Gasteiger partial charge is 0.465 e. The molecule has 0 aliphatic heterocycles. The van der Waals surface area contributed by atoms with Gasteiger partial charge < -0.3 is 4.74 Å². The van der Waals surface area contributed by atoms with Crippen LogP contribution in [-0.4, -0.2) is 38.9 Å². The average molecular weight is 320 g/mol. The summed E-state index contributed by atoms with van der Waals surface area (Å²) < 4.78 is 33.1. The number of anilines is 1. The van der Waals surface area contributed by atoms with Gasteiger partial charge in [0.15, 0.2) is 0 Å². The Morgan fingerprint density at radius 1 is 1.35 bits per heavy atom. The predicted octanol–water partition coefficient (Wildman–Crippen LogP) is 2.31. The van der Waals surface area contributed by atoms with E-state index >= 15 is 0 Å². The highest BCUT2D eigenvalue weighted by molar-refractivity contribution is 7.90. The van der Waals surface area contributed by atoms with Crippen molar-refractivity contribution in [2.45, 2.75) is 26.7 Å². The van der Waals surface area contributed by atoms with Crippen molar-refractivity contribution in [1.82, 2.24) is 4.31 Å². The van der Waals surface area contributed by atoms with E-state index in [9.17, 15) is 13.2 Å². The number of carbonyl (C=O) groups is 1. The van der Waals surface area contributed by atoms with Gasteiger partial charge in [-0.3, -0.25) is 4.72 Å². The van der Waals surface area contributed by atoms with Gasteiger partial charge >= 0.3 is 16.2 Å². The van der Waals surface area contributed by atoms with Crippen LogP contribution in [0.25, 0.3) is 0 Å². The van der Waals surface area contributed by atoms with Gasteiger partial charge in [0.25, 0.3) is 0 Å². The fraction of sp³-hybridized carbons (Fsp3) is 0.583. The number of nitrogens with one attached hydrogen (secondary N) is 1. The first-order chi connectivity index (χ1) is 9.46. The molecule has 114 valence electrons. The number of esters is 1. The summed E-state index contributed by atoms with van der Waals surface area (Å²) in [6.07, 6.45) is 1.46. The van der Waals surface area contributed by atoms with E-state index in [1.807, 2.05) is 13.8 Å². The van der Waals surface area contributed by atoms with Gasteiger partial charge in [-0.05, 0) is 24.3 Å². The van der Waals surface area contributed by atoms with Gasteiger partial charge in [-0.2, -0.15) is 12.7 Å². The predicted molar refractivity (Wildman–Crippen MR) is 80.4 cm³/mol. The van der Waals surface area contributed by atoms with Crippen molar-refractivity contribution in [3.05, 3.63) is 16.3 Å². The lowest BCUT2D eigenvalue weighted by molar-refractivity contribution is 0.0607. The van der Waals surface area contributed by atoms with Gasteiger partial charge in [-0.15, -0.1) is 11.3 Å². The monoisotopic (exact) mass is 320 g/mol. The second-order valence-electron chi connectivity index (χ2n) is 4.16. The molecule has 20 heavy (non-hydrogen) atoms. The van der Waals surface area contributed by atoms with E-state index in [2.05, 4.69) is 9.46 Å². The maximum atomic E-state index is 12.3. The zero-order valence-electron chi connectivity index (χ0n) is 11.9. The minimum Gasteiger partial charge on any atom is -0.465 e. The van der Waals surface area contributed by atoms with Crippen LogP contribution in [0, 0.1) is 0 Å². The van der Waals surface area contributed by atoms with Gasteiger partial charge in [0.05, 0.1) is 12.8 Å². The first kappa shape index (κ1) is 16.9. The van der Waals surface area contributed by atoms with E-state index < -0.39 is 16.2 Å². The molecule has 0 bridgehead atoms. The first-order valence-electron chi connectivity index (χ1n) is 6.40. The van der Waals surface area contributed by atoms with Crippen molar-refractivity contribution in [1.29, 1.82) is 0 Å². The van der Waals surface area contributed by atoms with E-state index in [0.717, 1.165) is 24.2 Å². The van der Waals surface area contributed by atoms with Crippen molar-refractivity contribution >= 4 is 33.2 Å². The van der Waals surface area contributed by atoms with Crippen LogP contribution in [0.3, 0.4) is 0 Å². The molecule has 0 atom stereocenters. The summed E-state index contributed by atoms with van der Waals surface area (Å²) in [7, 11) is -2.39. The molecule has 0 aromatic carbocycles. The van der Waals surface area contributed by atoms with E-state index in [0.29, 0.717) is 13.1 Å². The van der Waals surface area contributed by atoms with Crippen molar-refractivity contribution in [2.24, 2.45) is 0 Å². The molecule has 1 heterocycles. The van der Waals surface area contributed by atoms with E-state index in [-0.39, 0.29) is 10.6 Å². The third kappa shape index (κ3) is 4.19. The number of nitrogens with zero attached hydrogens (tertiary/aromatic N) is 1. The molecule has 0 radical (unpaired) electrons. The highest BCUT2D eigenvalue weighted by Crippen LogP contribution is 2.24. The number of thiophene rings is 1. The van der Waals surface area contributed by atoms with Gasteiger partial charge in [0, 0.05) is 13.1 Å². The summed E-state index contributed by atoms with van der Waals surface area (Å²) in [6, 6.07) is 1.56. The van der Waals surface area contributed by atoms with E-state index in [1.165, 1.54) is 11.4 Å². The molecule has 0 fully saturated rings. The number of carbonyl (C=O) groups excluding carboxylic acids is 1. The van der Waals surface area contributed by atoms with Crippen LogP contribution in [0.1, 0.15) is 36.4 Å². The third-order valence-electron chi connectivity index (χ3n) is 2.56. The maximum Gasteiger partial charge on any atom is 0.350 e. The highest BCUT2D eigenvalue weighted by atomic mass is 32.2. The molecule has 0 aliphatic carbocycles. The average Bonchev–Trinajstić information content (AvgIpc) is 2.85. The Morgan fingerprint density at radius 3 is 2.45 bits per heavy atom. The molecule has 0 amide bonds. The second kappa shape index (κ2) is 7.61. The minimum atomic E-state index is -3.65. The highest BCUT2D eigenvalue weighted by Gasteiger charge is 2.23. The summed E-state index contributed by atoms with van der Waals surface area (Å²) >= 11 is 1.14. The number of rotatable bonds is 8. The van der Waals surface area contributed by atoms with Crippen LogP contribution >= 0.6 is 11.3 Å². The van der Waals surface area contributed by atoms with Gasteiger partial charge in [-0.1, -0.05) is 13.8 Å². The Kier molecular flexibility index (Phi) is 6.44. The zero-order chi connectivity index (χ0) is 15.2. The second-order valence-corrected chi connectivity index (χ2v) is 6.75. The summed E-state index contributed by atoms with van der Waals surface area (Å²) in [6.45, 7) is 4.73. The summed E-state index contributed by atoms with van der Waals surface area (Å²) in [5, 5.41) is 1.65. The fourth-order valence-electron chi connectivity index (χ4n) is 1.69. The Morgan fingerprint density at radius 2 is 1.95 bits per heavy atom. The van der Waals surface area contributed by atoms with Gasteiger partial charge in [0.1, 0.15) is 4.88 Å². The van der Waals surface area contributed by atoms with Crippen LogP contribution in [0.2, 0.25) is 0 Å². The maximum absolute atomic E-state index is 12.3. The normalized spacial score (nSPS) is 11.6. The summed E-state index contributed by atoms with van der Waals surface area (Å²) in [5.74, 6) is -0.546. The molecule has 8 heteroatoms. The van der Waals surface area contributed by atoms with Crippen molar-refractivity contribution in [3.8, 4) is 0 Å². The third-order valence-corrected chi connectivity index (χ3v) is 4.98. The van der Waals surface area contributed by atoms with Crippen molar-refractivity contribution < 1.29 is 17.9 Å². The van der Waals surface area contributed by atoms with Crippen LogP contribution in [0.4, 0.5) is 5.69 Å². The molecular formula is C12H20N2O4S2. The van der Waals surface area contributed by atoms with Crippen LogP contribution in [0.5, 0.6) is 0 Å². The number of hydrogen-bond donors (Lipinski definition) is 1. The minimum absolute atomic E-state index is 0.254.